The Morgan fingerprint density at radius 1 is 1.07 bits per heavy atom. The van der Waals surface area contributed by atoms with Gasteiger partial charge in [-0.3, -0.25) is 9.36 Å². The van der Waals surface area contributed by atoms with Gasteiger partial charge in [-0.15, -0.1) is 0 Å². The van der Waals surface area contributed by atoms with Crippen LogP contribution in [0.1, 0.15) is 18.9 Å². The first-order chi connectivity index (χ1) is 13.8. The van der Waals surface area contributed by atoms with E-state index < -0.39 is 33.1 Å². The third-order valence-electron chi connectivity index (χ3n) is 5.15. The third-order valence-corrected chi connectivity index (χ3v) is 7.34. The number of rotatable bonds is 3. The molecule has 0 atom stereocenters. The van der Waals surface area contributed by atoms with Crippen LogP contribution in [0, 0.1) is 5.82 Å². The Morgan fingerprint density at radius 3 is 2.45 bits per heavy atom. The van der Waals surface area contributed by atoms with Gasteiger partial charge in [0.2, 0.25) is 10.0 Å². The number of fused-ring (bicyclic) bond motifs is 1. The quantitative estimate of drug-likeness (QED) is 0.681. The summed E-state index contributed by atoms with van der Waals surface area (Å²) >= 11 is 5.71. The number of benzene rings is 2. The van der Waals surface area contributed by atoms with E-state index in [2.05, 4.69) is 4.98 Å². The number of aromatic nitrogens is 2. The Balaban J connectivity index is 1.60. The van der Waals surface area contributed by atoms with E-state index in [9.17, 15) is 22.4 Å². The van der Waals surface area contributed by atoms with E-state index in [1.165, 1.54) is 14.9 Å². The van der Waals surface area contributed by atoms with Crippen LogP contribution in [-0.4, -0.2) is 35.4 Å². The number of nitrogens with zero attached hydrogens (tertiary/aromatic N) is 2. The van der Waals surface area contributed by atoms with Crippen molar-refractivity contribution in [2.24, 2.45) is 0 Å². The second kappa shape index (κ2) is 7.40. The molecule has 1 saturated heterocycles. The summed E-state index contributed by atoms with van der Waals surface area (Å²) in [6.07, 6.45) is 0.602. The van der Waals surface area contributed by atoms with E-state index >= 15 is 0 Å². The molecule has 0 saturated carbocycles. The average Bonchev–Trinajstić information content (AvgIpc) is 2.70. The molecular formula is C19H17ClFN3O4S. The second-order valence-electron chi connectivity index (χ2n) is 6.86. The van der Waals surface area contributed by atoms with Crippen LogP contribution in [0.4, 0.5) is 4.39 Å². The van der Waals surface area contributed by atoms with Crippen molar-refractivity contribution < 1.29 is 12.8 Å². The molecule has 2 aromatic carbocycles. The number of para-hydroxylation sites is 1. The van der Waals surface area contributed by atoms with Gasteiger partial charge in [0, 0.05) is 19.1 Å². The van der Waals surface area contributed by atoms with Crippen LogP contribution in [-0.2, 0) is 10.0 Å². The zero-order valence-corrected chi connectivity index (χ0v) is 16.7. The monoisotopic (exact) mass is 437 g/mol. The number of halogens is 2. The van der Waals surface area contributed by atoms with Gasteiger partial charge in [-0.25, -0.2) is 17.6 Å². The molecule has 1 fully saturated rings. The van der Waals surface area contributed by atoms with Gasteiger partial charge in [0.25, 0.3) is 5.56 Å². The number of nitrogens with one attached hydrogen (secondary N) is 1. The number of hydrogen-bond donors (Lipinski definition) is 1. The predicted molar refractivity (Wildman–Crippen MR) is 107 cm³/mol. The van der Waals surface area contributed by atoms with Crippen LogP contribution in [0.2, 0.25) is 5.02 Å². The Hall–Kier alpha value is -2.49. The molecule has 7 nitrogen and oxygen atoms in total. The normalized spacial score (nSPS) is 16.3. The highest BCUT2D eigenvalue weighted by atomic mass is 35.5. The summed E-state index contributed by atoms with van der Waals surface area (Å²) in [5.74, 6) is -0.695. The standard InChI is InChI=1S/C19H17ClFN3O4S/c20-15-11-13(5-6-16(15)21)29(27,28)23-9-7-12(8-10-23)24-18(25)14-3-1-2-4-17(14)22-19(24)26/h1-6,11-12H,7-10H2,(H,22,26). The minimum absolute atomic E-state index is 0.0944. The molecule has 4 rings (SSSR count). The van der Waals surface area contributed by atoms with Crippen molar-refractivity contribution in [3.63, 3.8) is 0 Å². The van der Waals surface area contributed by atoms with Gasteiger partial charge in [-0.05, 0) is 43.2 Å². The van der Waals surface area contributed by atoms with Gasteiger partial charge >= 0.3 is 5.69 Å². The van der Waals surface area contributed by atoms with Crippen molar-refractivity contribution in [3.05, 3.63) is 74.1 Å². The molecule has 29 heavy (non-hydrogen) atoms. The van der Waals surface area contributed by atoms with E-state index in [1.807, 2.05) is 0 Å². The average molecular weight is 438 g/mol. The Morgan fingerprint density at radius 2 is 1.76 bits per heavy atom. The largest absolute Gasteiger partial charge is 0.329 e. The van der Waals surface area contributed by atoms with Crippen LogP contribution in [0.3, 0.4) is 0 Å². The fourth-order valence-corrected chi connectivity index (χ4v) is 5.38. The lowest BCUT2D eigenvalue weighted by atomic mass is 10.1. The van der Waals surface area contributed by atoms with E-state index in [4.69, 9.17) is 11.6 Å². The molecule has 0 spiro atoms. The minimum Gasteiger partial charge on any atom is -0.307 e. The zero-order valence-electron chi connectivity index (χ0n) is 15.1. The SMILES string of the molecule is O=c1[nH]c2ccccc2c(=O)n1C1CCN(S(=O)(=O)c2ccc(F)c(Cl)c2)CC1. The summed E-state index contributed by atoms with van der Waals surface area (Å²) in [7, 11) is -3.85. The van der Waals surface area contributed by atoms with E-state index in [1.54, 1.807) is 24.3 Å². The van der Waals surface area contributed by atoms with Crippen molar-refractivity contribution in [1.29, 1.82) is 0 Å². The first kappa shape index (κ1) is 19.8. The van der Waals surface area contributed by atoms with Crippen molar-refractivity contribution >= 4 is 32.5 Å². The highest BCUT2D eigenvalue weighted by Crippen LogP contribution is 2.27. The summed E-state index contributed by atoms with van der Waals surface area (Å²) in [5.41, 5.74) is -0.441. The molecule has 1 aliphatic heterocycles. The van der Waals surface area contributed by atoms with Gasteiger partial charge in [0.1, 0.15) is 5.82 Å². The first-order valence-corrected chi connectivity index (χ1v) is 10.8. The van der Waals surface area contributed by atoms with Gasteiger partial charge in [0.05, 0.1) is 20.8 Å². The van der Waals surface area contributed by atoms with Crippen LogP contribution in [0.15, 0.2) is 56.9 Å². The Bertz CT molecular complexity index is 1310. The fourth-order valence-electron chi connectivity index (χ4n) is 3.63. The number of piperidine rings is 1. The molecule has 2 heterocycles. The molecule has 0 radical (unpaired) electrons. The van der Waals surface area contributed by atoms with Crippen LogP contribution in [0.5, 0.6) is 0 Å². The molecule has 10 heteroatoms. The number of aromatic amines is 1. The van der Waals surface area contributed by atoms with Crippen molar-refractivity contribution in [2.75, 3.05) is 13.1 Å². The summed E-state index contributed by atoms with van der Waals surface area (Å²) in [6, 6.07) is 9.59. The van der Waals surface area contributed by atoms with Crippen molar-refractivity contribution in [2.45, 2.75) is 23.8 Å². The molecule has 3 aromatic rings. The highest BCUT2D eigenvalue weighted by molar-refractivity contribution is 7.89. The molecular weight excluding hydrogens is 421 g/mol. The summed E-state index contributed by atoms with van der Waals surface area (Å²) in [6.45, 7) is 0.251. The number of hydrogen-bond acceptors (Lipinski definition) is 4. The van der Waals surface area contributed by atoms with Crippen LogP contribution in [0.25, 0.3) is 10.9 Å². The lowest BCUT2D eigenvalue weighted by molar-refractivity contribution is 0.266. The van der Waals surface area contributed by atoms with Crippen molar-refractivity contribution in [1.82, 2.24) is 13.9 Å². The molecule has 0 aliphatic carbocycles. The molecule has 1 N–H and O–H groups in total. The number of sulfonamides is 1. The molecule has 0 bridgehead atoms. The smallest absolute Gasteiger partial charge is 0.307 e. The third kappa shape index (κ3) is 3.50. The topological polar surface area (TPSA) is 92.2 Å². The predicted octanol–water partition coefficient (Wildman–Crippen LogP) is 2.51. The summed E-state index contributed by atoms with van der Waals surface area (Å²) < 4.78 is 41.4. The molecule has 1 aliphatic rings. The van der Waals surface area contributed by atoms with Gasteiger partial charge in [-0.1, -0.05) is 23.7 Å². The maximum Gasteiger partial charge on any atom is 0.329 e. The van der Waals surface area contributed by atoms with Gasteiger partial charge in [-0.2, -0.15) is 4.31 Å². The minimum atomic E-state index is -3.85. The lowest BCUT2D eigenvalue weighted by Gasteiger charge is -2.31. The van der Waals surface area contributed by atoms with Gasteiger partial charge in [0.15, 0.2) is 0 Å². The molecule has 0 unspecified atom stereocenters. The van der Waals surface area contributed by atoms with E-state index in [-0.39, 0.29) is 23.0 Å². The Labute approximate surface area is 170 Å². The first-order valence-electron chi connectivity index (χ1n) is 8.98. The second-order valence-corrected chi connectivity index (χ2v) is 9.21. The molecule has 152 valence electrons. The van der Waals surface area contributed by atoms with E-state index in [0.717, 1.165) is 12.1 Å². The highest BCUT2D eigenvalue weighted by Gasteiger charge is 2.31. The fraction of sp³-hybridized carbons (Fsp3) is 0.263. The molecule has 0 amide bonds. The maximum atomic E-state index is 13.3. The van der Waals surface area contributed by atoms with Crippen LogP contribution >= 0.6 is 11.6 Å². The van der Waals surface area contributed by atoms with Gasteiger partial charge < -0.3 is 4.98 Å². The van der Waals surface area contributed by atoms with Crippen molar-refractivity contribution in [3.8, 4) is 0 Å². The van der Waals surface area contributed by atoms with Crippen LogP contribution < -0.4 is 11.2 Å². The maximum absolute atomic E-state index is 13.3. The summed E-state index contributed by atoms with van der Waals surface area (Å²) in [4.78, 5) is 27.8. The lowest BCUT2D eigenvalue weighted by Crippen LogP contribution is -2.44. The Kier molecular flexibility index (Phi) is 5.05. The zero-order chi connectivity index (χ0) is 20.8. The molecule has 1 aromatic heterocycles. The van der Waals surface area contributed by atoms with E-state index in [0.29, 0.717) is 23.7 Å². The summed E-state index contributed by atoms with van der Waals surface area (Å²) in [5, 5.41) is 0.137. The number of H-pyrrole nitrogens is 1.